The van der Waals surface area contributed by atoms with Gasteiger partial charge in [0, 0.05) is 0 Å². The number of sulfonamides is 1. The van der Waals surface area contributed by atoms with E-state index in [0.29, 0.717) is 0 Å². The van der Waals surface area contributed by atoms with Gasteiger partial charge in [-0.05, 0) is 32.6 Å². The highest BCUT2D eigenvalue weighted by Gasteiger charge is 2.29. The number of rotatable bonds is 5. The Morgan fingerprint density at radius 2 is 1.88 bits per heavy atom. The van der Waals surface area contributed by atoms with Gasteiger partial charge in [0.25, 0.3) is 0 Å². The zero-order valence-corrected chi connectivity index (χ0v) is 12.2. The Balaban J connectivity index is 2.59. The lowest BCUT2D eigenvalue weighted by atomic mass is 9.91. The summed E-state index contributed by atoms with van der Waals surface area (Å²) in [5.74, 6) is 0.474. The largest absolute Gasteiger partial charge is 0.392 e. The molecular weight excluding hydrogens is 256 g/mol. The van der Waals surface area contributed by atoms with E-state index in [2.05, 4.69) is 4.72 Å². The molecule has 100 valence electrons. The van der Waals surface area contributed by atoms with Gasteiger partial charge in [-0.3, -0.25) is 0 Å². The number of hydrogen-bond acceptors (Lipinski definition) is 3. The Kier molecular flexibility index (Phi) is 4.92. The lowest BCUT2D eigenvalue weighted by Crippen LogP contribution is -2.53. The first-order chi connectivity index (χ1) is 7.73. The molecule has 1 rings (SSSR count). The van der Waals surface area contributed by atoms with E-state index < -0.39 is 15.6 Å². The normalized spacial score (nSPS) is 19.2. The van der Waals surface area contributed by atoms with Crippen LogP contribution >= 0.6 is 12.2 Å². The van der Waals surface area contributed by atoms with Gasteiger partial charge >= 0.3 is 0 Å². The van der Waals surface area contributed by atoms with Gasteiger partial charge in [0.2, 0.25) is 10.0 Å². The molecule has 0 amide bonds. The summed E-state index contributed by atoms with van der Waals surface area (Å²) in [6, 6.07) is 0. The molecule has 0 radical (unpaired) electrons. The molecule has 0 aromatic rings. The van der Waals surface area contributed by atoms with Crippen molar-refractivity contribution < 1.29 is 8.42 Å². The summed E-state index contributed by atoms with van der Waals surface area (Å²) in [5, 5.41) is 0. The summed E-state index contributed by atoms with van der Waals surface area (Å²) in [6.45, 7) is 3.38. The molecule has 0 unspecified atom stereocenters. The third kappa shape index (κ3) is 4.89. The molecular formula is C11H22N2O2S2. The SMILES string of the molecule is CC(C)(NS(=O)(=O)CC1CCCCC1)C(N)=S. The molecule has 0 spiro atoms. The minimum Gasteiger partial charge on any atom is -0.392 e. The summed E-state index contributed by atoms with van der Waals surface area (Å²) >= 11 is 4.85. The summed E-state index contributed by atoms with van der Waals surface area (Å²) < 4.78 is 26.6. The van der Waals surface area contributed by atoms with Crippen LogP contribution in [0.2, 0.25) is 0 Å². The van der Waals surface area contributed by atoms with Crippen LogP contribution in [0, 0.1) is 5.92 Å². The Labute approximate surface area is 109 Å². The average molecular weight is 278 g/mol. The van der Waals surface area contributed by atoms with E-state index in [0.717, 1.165) is 25.7 Å². The molecule has 1 aliphatic carbocycles. The van der Waals surface area contributed by atoms with Crippen LogP contribution in [0.5, 0.6) is 0 Å². The van der Waals surface area contributed by atoms with Crippen LogP contribution in [0.15, 0.2) is 0 Å². The van der Waals surface area contributed by atoms with Crippen molar-refractivity contribution >= 4 is 27.2 Å². The van der Waals surface area contributed by atoms with E-state index >= 15 is 0 Å². The Hall–Kier alpha value is -0.200. The van der Waals surface area contributed by atoms with Crippen molar-refractivity contribution in [1.82, 2.24) is 4.72 Å². The minimum atomic E-state index is -3.30. The number of nitrogens with two attached hydrogens (primary N) is 1. The van der Waals surface area contributed by atoms with Gasteiger partial charge in [0.15, 0.2) is 0 Å². The Morgan fingerprint density at radius 3 is 2.35 bits per heavy atom. The lowest BCUT2D eigenvalue weighted by molar-refractivity contribution is 0.382. The van der Waals surface area contributed by atoms with Crippen molar-refractivity contribution in [2.24, 2.45) is 11.7 Å². The monoisotopic (exact) mass is 278 g/mol. The first-order valence-electron chi connectivity index (χ1n) is 6.04. The molecule has 6 heteroatoms. The standard InChI is InChI=1S/C11H22N2O2S2/c1-11(2,10(12)16)13-17(14,15)8-9-6-4-3-5-7-9/h9,13H,3-8H2,1-2H3,(H2,12,16). The molecule has 1 saturated carbocycles. The van der Waals surface area contributed by atoms with Crippen molar-refractivity contribution in [3.8, 4) is 0 Å². The molecule has 0 aliphatic heterocycles. The van der Waals surface area contributed by atoms with Crippen LogP contribution in [0.1, 0.15) is 46.0 Å². The first-order valence-corrected chi connectivity index (χ1v) is 8.10. The third-order valence-electron chi connectivity index (χ3n) is 3.21. The lowest BCUT2D eigenvalue weighted by Gasteiger charge is -2.27. The van der Waals surface area contributed by atoms with Crippen LogP contribution in [0.3, 0.4) is 0 Å². The maximum atomic E-state index is 12.0. The Bertz CT molecular complexity index is 371. The van der Waals surface area contributed by atoms with Crippen molar-refractivity contribution in [3.05, 3.63) is 0 Å². The molecule has 0 aromatic carbocycles. The van der Waals surface area contributed by atoms with Crippen LogP contribution in [0.4, 0.5) is 0 Å². The van der Waals surface area contributed by atoms with E-state index in [4.69, 9.17) is 18.0 Å². The van der Waals surface area contributed by atoms with Gasteiger partial charge in [-0.2, -0.15) is 0 Å². The number of hydrogen-bond donors (Lipinski definition) is 2. The molecule has 3 N–H and O–H groups in total. The van der Waals surface area contributed by atoms with Gasteiger partial charge in [0.1, 0.15) is 0 Å². The maximum Gasteiger partial charge on any atom is 0.212 e. The number of nitrogens with one attached hydrogen (secondary N) is 1. The van der Waals surface area contributed by atoms with Crippen molar-refractivity contribution in [1.29, 1.82) is 0 Å². The van der Waals surface area contributed by atoms with Crippen LogP contribution in [0.25, 0.3) is 0 Å². The molecule has 0 atom stereocenters. The molecule has 4 nitrogen and oxygen atoms in total. The highest BCUT2D eigenvalue weighted by Crippen LogP contribution is 2.25. The highest BCUT2D eigenvalue weighted by atomic mass is 32.2. The van der Waals surface area contributed by atoms with Gasteiger partial charge in [-0.25, -0.2) is 13.1 Å². The molecule has 0 bridgehead atoms. The van der Waals surface area contributed by atoms with Gasteiger partial charge in [0.05, 0.1) is 16.3 Å². The first kappa shape index (κ1) is 14.9. The van der Waals surface area contributed by atoms with Crippen molar-refractivity contribution in [3.63, 3.8) is 0 Å². The van der Waals surface area contributed by atoms with Gasteiger partial charge in [-0.1, -0.05) is 31.5 Å². The van der Waals surface area contributed by atoms with Crippen LogP contribution in [-0.4, -0.2) is 24.7 Å². The van der Waals surface area contributed by atoms with Crippen molar-refractivity contribution in [2.45, 2.75) is 51.5 Å². The number of thiocarbonyl (C=S) groups is 1. The summed E-state index contributed by atoms with van der Waals surface area (Å²) in [6.07, 6.45) is 5.52. The summed E-state index contributed by atoms with van der Waals surface area (Å²) in [7, 11) is -3.30. The molecule has 1 aliphatic rings. The van der Waals surface area contributed by atoms with Crippen LogP contribution < -0.4 is 10.5 Å². The van der Waals surface area contributed by atoms with E-state index in [-0.39, 0.29) is 16.7 Å². The fourth-order valence-corrected chi connectivity index (χ4v) is 4.19. The van der Waals surface area contributed by atoms with E-state index in [1.54, 1.807) is 13.8 Å². The average Bonchev–Trinajstić information content (AvgIpc) is 2.16. The molecule has 1 fully saturated rings. The smallest absolute Gasteiger partial charge is 0.212 e. The molecule has 0 saturated heterocycles. The molecule has 0 aromatic heterocycles. The highest BCUT2D eigenvalue weighted by molar-refractivity contribution is 7.89. The predicted molar refractivity (Wildman–Crippen MR) is 74.4 cm³/mol. The van der Waals surface area contributed by atoms with Crippen molar-refractivity contribution in [2.75, 3.05) is 5.75 Å². The fourth-order valence-electron chi connectivity index (χ4n) is 2.14. The molecule has 0 heterocycles. The fraction of sp³-hybridized carbons (Fsp3) is 0.909. The van der Waals surface area contributed by atoms with E-state index in [9.17, 15) is 8.42 Å². The zero-order valence-electron chi connectivity index (χ0n) is 10.5. The molecule has 17 heavy (non-hydrogen) atoms. The van der Waals surface area contributed by atoms with Gasteiger partial charge < -0.3 is 5.73 Å². The second kappa shape index (κ2) is 5.63. The zero-order chi connectivity index (χ0) is 13.1. The van der Waals surface area contributed by atoms with E-state index in [1.165, 1.54) is 6.42 Å². The predicted octanol–water partition coefficient (Wildman–Crippen LogP) is 1.55. The quantitative estimate of drug-likeness (QED) is 0.749. The van der Waals surface area contributed by atoms with E-state index in [1.807, 2.05) is 0 Å². The third-order valence-corrected chi connectivity index (χ3v) is 5.45. The maximum absolute atomic E-state index is 12.0. The summed E-state index contributed by atoms with van der Waals surface area (Å²) in [5.41, 5.74) is 4.67. The Morgan fingerprint density at radius 1 is 1.35 bits per heavy atom. The second-order valence-corrected chi connectivity index (χ2v) is 7.58. The summed E-state index contributed by atoms with van der Waals surface area (Å²) in [4.78, 5) is 0.171. The topological polar surface area (TPSA) is 72.2 Å². The minimum absolute atomic E-state index is 0.171. The van der Waals surface area contributed by atoms with Crippen LogP contribution in [-0.2, 0) is 10.0 Å². The second-order valence-electron chi connectivity index (χ2n) is 5.38. The van der Waals surface area contributed by atoms with Gasteiger partial charge in [-0.15, -0.1) is 0 Å².